The van der Waals surface area contributed by atoms with Crippen molar-refractivity contribution in [1.82, 2.24) is 10.2 Å². The summed E-state index contributed by atoms with van der Waals surface area (Å²) in [5.74, 6) is 1.97. The lowest BCUT2D eigenvalue weighted by Gasteiger charge is -2.27. The van der Waals surface area contributed by atoms with E-state index >= 15 is 0 Å². The van der Waals surface area contributed by atoms with Crippen LogP contribution in [0.3, 0.4) is 0 Å². The smallest absolute Gasteiger partial charge is 0.410 e. The molecule has 4 heteroatoms. The van der Waals surface area contributed by atoms with E-state index < -0.39 is 5.60 Å². The molecule has 4 unspecified atom stereocenters. The maximum atomic E-state index is 12.0. The minimum atomic E-state index is -0.396. The topological polar surface area (TPSA) is 41.6 Å². The van der Waals surface area contributed by atoms with Crippen molar-refractivity contribution in [2.45, 2.75) is 65.6 Å². The molecule has 2 aliphatic rings. The molecular formula is C16H30N2O2. The number of hydrogen-bond acceptors (Lipinski definition) is 3. The molecule has 1 aliphatic carbocycles. The number of nitrogens with one attached hydrogen (secondary N) is 1. The Bertz CT molecular complexity index is 352. The molecule has 1 amide bonds. The molecule has 1 heterocycles. The molecule has 20 heavy (non-hydrogen) atoms. The van der Waals surface area contributed by atoms with Crippen LogP contribution in [0.4, 0.5) is 4.79 Å². The Morgan fingerprint density at radius 1 is 1.30 bits per heavy atom. The second kappa shape index (κ2) is 5.55. The maximum absolute atomic E-state index is 12.0. The third kappa shape index (κ3) is 3.46. The molecule has 1 saturated carbocycles. The van der Waals surface area contributed by atoms with Crippen molar-refractivity contribution in [1.29, 1.82) is 0 Å². The number of carbonyl (C=O) groups is 1. The predicted octanol–water partition coefficient (Wildman–Crippen LogP) is 2.88. The van der Waals surface area contributed by atoms with Crippen LogP contribution < -0.4 is 5.32 Å². The van der Waals surface area contributed by atoms with Gasteiger partial charge in [-0.25, -0.2) is 4.79 Å². The van der Waals surface area contributed by atoms with Gasteiger partial charge in [0.25, 0.3) is 0 Å². The summed E-state index contributed by atoms with van der Waals surface area (Å²) in [5, 5.41) is 3.74. The fourth-order valence-corrected chi connectivity index (χ4v) is 3.07. The zero-order valence-corrected chi connectivity index (χ0v) is 13.8. The molecule has 0 bridgehead atoms. The van der Waals surface area contributed by atoms with Gasteiger partial charge in [0, 0.05) is 25.2 Å². The Kier molecular flexibility index (Phi) is 4.33. The first-order valence-corrected chi connectivity index (χ1v) is 7.97. The number of hydrogen-bond donors (Lipinski definition) is 1. The predicted molar refractivity (Wildman–Crippen MR) is 80.6 cm³/mol. The molecule has 4 atom stereocenters. The fourth-order valence-electron chi connectivity index (χ4n) is 3.07. The SMILES string of the molecule is CCC(C)C(C)NC1C2CN(C(=O)OC(C)(C)C)CC21. The van der Waals surface area contributed by atoms with Gasteiger partial charge in [0.05, 0.1) is 0 Å². The monoisotopic (exact) mass is 282 g/mol. The summed E-state index contributed by atoms with van der Waals surface area (Å²) in [6.45, 7) is 14.3. The molecule has 116 valence electrons. The van der Waals surface area contributed by atoms with Gasteiger partial charge < -0.3 is 15.0 Å². The fraction of sp³-hybridized carbons (Fsp3) is 0.938. The van der Waals surface area contributed by atoms with E-state index in [1.165, 1.54) is 6.42 Å². The first-order chi connectivity index (χ1) is 9.23. The molecule has 1 aliphatic heterocycles. The van der Waals surface area contributed by atoms with Crippen LogP contribution in [0.15, 0.2) is 0 Å². The van der Waals surface area contributed by atoms with Gasteiger partial charge in [0.15, 0.2) is 0 Å². The Morgan fingerprint density at radius 2 is 1.85 bits per heavy atom. The zero-order chi connectivity index (χ0) is 15.1. The number of carbonyl (C=O) groups excluding carboxylic acids is 1. The average Bonchev–Trinajstić information content (AvgIpc) is 2.80. The Balaban J connectivity index is 1.75. The lowest BCUT2D eigenvalue weighted by Crippen LogP contribution is -2.41. The summed E-state index contributed by atoms with van der Waals surface area (Å²) >= 11 is 0. The summed E-state index contributed by atoms with van der Waals surface area (Å²) in [6, 6.07) is 1.17. The Labute approximate surface area is 123 Å². The van der Waals surface area contributed by atoms with E-state index in [-0.39, 0.29) is 6.09 Å². The highest BCUT2D eigenvalue weighted by Crippen LogP contribution is 2.46. The molecular weight excluding hydrogens is 252 g/mol. The largest absolute Gasteiger partial charge is 0.444 e. The van der Waals surface area contributed by atoms with E-state index in [0.717, 1.165) is 13.1 Å². The summed E-state index contributed by atoms with van der Waals surface area (Å²) in [7, 11) is 0. The average molecular weight is 282 g/mol. The van der Waals surface area contributed by atoms with Crippen molar-refractivity contribution in [3.8, 4) is 0 Å². The first-order valence-electron chi connectivity index (χ1n) is 7.97. The number of fused-ring (bicyclic) bond motifs is 1. The second-order valence-electron chi connectivity index (χ2n) is 7.58. The highest BCUT2D eigenvalue weighted by atomic mass is 16.6. The van der Waals surface area contributed by atoms with Crippen LogP contribution in [-0.4, -0.2) is 41.8 Å². The van der Waals surface area contributed by atoms with Crippen LogP contribution in [0.2, 0.25) is 0 Å². The van der Waals surface area contributed by atoms with Gasteiger partial charge in [0.2, 0.25) is 0 Å². The van der Waals surface area contributed by atoms with E-state index in [1.807, 2.05) is 25.7 Å². The van der Waals surface area contributed by atoms with Crippen molar-refractivity contribution in [2.75, 3.05) is 13.1 Å². The molecule has 2 rings (SSSR count). The molecule has 0 aromatic heterocycles. The minimum Gasteiger partial charge on any atom is -0.444 e. The molecule has 0 spiro atoms. The van der Waals surface area contributed by atoms with E-state index in [0.29, 0.717) is 29.8 Å². The van der Waals surface area contributed by atoms with Crippen LogP contribution in [0.25, 0.3) is 0 Å². The Hall–Kier alpha value is -0.770. The number of nitrogens with zero attached hydrogens (tertiary/aromatic N) is 1. The van der Waals surface area contributed by atoms with Crippen LogP contribution in [-0.2, 0) is 4.74 Å². The maximum Gasteiger partial charge on any atom is 0.410 e. The molecule has 0 aromatic carbocycles. The lowest BCUT2D eigenvalue weighted by molar-refractivity contribution is 0.0268. The van der Waals surface area contributed by atoms with Gasteiger partial charge >= 0.3 is 6.09 Å². The quantitative estimate of drug-likeness (QED) is 0.862. The van der Waals surface area contributed by atoms with E-state index in [4.69, 9.17) is 4.74 Å². The summed E-state index contributed by atoms with van der Waals surface area (Å²) in [6.07, 6.45) is 1.05. The number of amides is 1. The standard InChI is InChI=1S/C16H30N2O2/c1-7-10(2)11(3)17-14-12-8-18(9-13(12)14)15(19)20-16(4,5)6/h10-14,17H,7-9H2,1-6H3. The van der Waals surface area contributed by atoms with Crippen molar-refractivity contribution in [3.05, 3.63) is 0 Å². The van der Waals surface area contributed by atoms with Crippen LogP contribution in [0, 0.1) is 17.8 Å². The van der Waals surface area contributed by atoms with Gasteiger partial charge in [-0.15, -0.1) is 0 Å². The van der Waals surface area contributed by atoms with E-state index in [2.05, 4.69) is 26.1 Å². The summed E-state index contributed by atoms with van der Waals surface area (Å²) < 4.78 is 5.43. The van der Waals surface area contributed by atoms with Crippen molar-refractivity contribution < 1.29 is 9.53 Å². The van der Waals surface area contributed by atoms with Gasteiger partial charge in [0.1, 0.15) is 5.60 Å². The van der Waals surface area contributed by atoms with Crippen LogP contribution >= 0.6 is 0 Å². The van der Waals surface area contributed by atoms with Crippen molar-refractivity contribution in [3.63, 3.8) is 0 Å². The molecule has 4 nitrogen and oxygen atoms in total. The number of ether oxygens (including phenoxy) is 1. The highest BCUT2D eigenvalue weighted by molar-refractivity contribution is 5.69. The normalized spacial score (nSPS) is 31.7. The summed E-state index contributed by atoms with van der Waals surface area (Å²) in [5.41, 5.74) is -0.396. The van der Waals surface area contributed by atoms with Gasteiger partial charge in [-0.2, -0.15) is 0 Å². The minimum absolute atomic E-state index is 0.154. The Morgan fingerprint density at radius 3 is 2.30 bits per heavy atom. The number of rotatable bonds is 4. The number of piperidine rings is 1. The first kappa shape index (κ1) is 15.6. The lowest BCUT2D eigenvalue weighted by atomic mass is 10.0. The van der Waals surface area contributed by atoms with E-state index in [9.17, 15) is 4.79 Å². The zero-order valence-electron chi connectivity index (χ0n) is 13.8. The molecule has 2 fully saturated rings. The third-order valence-electron chi connectivity index (χ3n) is 4.80. The van der Waals surface area contributed by atoms with Crippen LogP contribution in [0.1, 0.15) is 48.0 Å². The van der Waals surface area contributed by atoms with Crippen molar-refractivity contribution in [2.24, 2.45) is 17.8 Å². The van der Waals surface area contributed by atoms with Gasteiger partial charge in [-0.3, -0.25) is 0 Å². The van der Waals surface area contributed by atoms with Crippen LogP contribution in [0.5, 0.6) is 0 Å². The molecule has 0 aromatic rings. The molecule has 0 radical (unpaired) electrons. The van der Waals surface area contributed by atoms with E-state index in [1.54, 1.807) is 0 Å². The third-order valence-corrected chi connectivity index (χ3v) is 4.80. The molecule has 1 saturated heterocycles. The molecule has 1 N–H and O–H groups in total. The highest BCUT2D eigenvalue weighted by Gasteiger charge is 2.57. The number of likely N-dealkylation sites (tertiary alicyclic amines) is 1. The second-order valence-corrected chi connectivity index (χ2v) is 7.58. The van der Waals surface area contributed by atoms with Gasteiger partial charge in [-0.05, 0) is 45.4 Å². The van der Waals surface area contributed by atoms with Gasteiger partial charge in [-0.1, -0.05) is 20.3 Å². The summed E-state index contributed by atoms with van der Waals surface area (Å²) in [4.78, 5) is 13.9. The van der Waals surface area contributed by atoms with Crippen molar-refractivity contribution >= 4 is 6.09 Å².